The van der Waals surface area contributed by atoms with Gasteiger partial charge in [0, 0.05) is 55.8 Å². The van der Waals surface area contributed by atoms with Crippen LogP contribution in [0.15, 0.2) is 382 Å². The van der Waals surface area contributed by atoms with E-state index >= 15 is 0 Å². The molecule has 618 valence electrons. The minimum atomic E-state index is -0.863. The van der Waals surface area contributed by atoms with E-state index in [0.717, 1.165) is 151 Å². The van der Waals surface area contributed by atoms with Gasteiger partial charge in [0.25, 0.3) is 6.71 Å². The summed E-state index contributed by atoms with van der Waals surface area (Å²) in [5.74, 6) is 0. The smallest absolute Gasteiger partial charge is 0.252 e. The Labute approximate surface area is 758 Å². The summed E-state index contributed by atoms with van der Waals surface area (Å²) in [6.45, 7) is 34.0. The summed E-state index contributed by atoms with van der Waals surface area (Å²) in [6.07, 6.45) is 0. The lowest BCUT2D eigenvalue weighted by atomic mass is 9.33. The maximum atomic E-state index is 9.95. The third-order valence-electron chi connectivity index (χ3n) is 27.3. The first-order valence-corrected chi connectivity index (χ1v) is 45.1. The number of anilines is 6. The number of nitrogens with zero attached hydrogens (tertiary/aromatic N) is 3. The van der Waals surface area contributed by atoms with Crippen molar-refractivity contribution >= 4 is 79.0 Å². The quantitative estimate of drug-likeness (QED) is 0.113. The molecule has 127 heavy (non-hydrogen) atoms. The predicted molar refractivity (Wildman–Crippen MR) is 544 cm³/mol. The third-order valence-corrected chi connectivity index (χ3v) is 27.3. The molecule has 21 rings (SSSR count). The van der Waals surface area contributed by atoms with E-state index in [9.17, 15) is 5.48 Å². The van der Waals surface area contributed by atoms with E-state index in [0.29, 0.717) is 5.56 Å². The Balaban J connectivity index is 0.967. The minimum Gasteiger partial charge on any atom is -0.310 e. The van der Waals surface area contributed by atoms with Crippen molar-refractivity contribution in [3.63, 3.8) is 0 Å². The molecule has 3 aliphatic rings. The first-order chi connectivity index (χ1) is 63.2. The average Bonchev–Trinajstić information content (AvgIpc) is 0.903. The highest BCUT2D eigenvalue weighted by Gasteiger charge is 2.50. The van der Waals surface area contributed by atoms with Crippen molar-refractivity contribution in [1.29, 1.82) is 0 Å². The van der Waals surface area contributed by atoms with Gasteiger partial charge in [-0.05, 0) is 239 Å². The topological polar surface area (TPSA) is 11.4 Å². The molecule has 0 spiro atoms. The summed E-state index contributed by atoms with van der Waals surface area (Å²) in [7, 11) is 0. The summed E-state index contributed by atoms with van der Waals surface area (Å²) in [5, 5.41) is 2.33. The molecule has 0 amide bonds. The molecule has 4 heteroatoms. The van der Waals surface area contributed by atoms with Gasteiger partial charge in [0.2, 0.25) is 0 Å². The van der Waals surface area contributed by atoms with Crippen LogP contribution in [0.1, 0.15) is 161 Å². The van der Waals surface area contributed by atoms with Gasteiger partial charge in [-0.1, -0.05) is 407 Å². The van der Waals surface area contributed by atoms with Crippen LogP contribution in [0, 0.1) is 0 Å². The highest BCUT2D eigenvalue weighted by atomic mass is 15.2. The van der Waals surface area contributed by atoms with Crippen LogP contribution in [0.3, 0.4) is 0 Å². The Kier molecular flexibility index (Phi) is 17.8. The standard InChI is InChI=1S/C123H108BN3/c1-118(2,3)88-60-56-80(57-61-88)85-48-36-51-92(68-85)123(89-49-32-21-33-50-89)105-55-35-34-52-97(105)98-54-37-53-96(114(98)123)87-58-64-106-111(70-87)127(117-101(83-44-28-19-29-45-83)75-94(122(13,14)15)76-102(117)84-46-30-20-31-47-84)113-78-95(125-108-66-62-90(119(4,5)6)71-103(108)104-72-91(120(7,8)9)63-67-109(104)125)77-112-115(113)124(106)107-69-86(79-38-22-16-23-39-79)59-65-110(107)126(112)116-99(81-40-24-17-25-41-81)73-93(121(10,11)12)74-100(116)82-42-26-18-27-43-82/h16-78H,1-15H3/i16D,22D,23D,38D,39D. The molecule has 2 aliphatic heterocycles. The fraction of sp³-hybridized carbons (Fsp3) is 0.171. The van der Waals surface area contributed by atoms with Crippen molar-refractivity contribution in [3.8, 4) is 94.7 Å². The second kappa shape index (κ2) is 30.2. The first kappa shape index (κ1) is 74.6. The predicted octanol–water partition coefficient (Wildman–Crippen LogP) is 31.4. The zero-order valence-corrected chi connectivity index (χ0v) is 75.4. The molecule has 1 aliphatic carbocycles. The van der Waals surface area contributed by atoms with Crippen molar-refractivity contribution in [2.24, 2.45) is 0 Å². The van der Waals surface area contributed by atoms with Crippen LogP contribution in [-0.2, 0) is 32.5 Å². The molecule has 0 saturated heterocycles. The van der Waals surface area contributed by atoms with Crippen molar-refractivity contribution < 1.29 is 6.85 Å². The maximum absolute atomic E-state index is 9.95. The van der Waals surface area contributed by atoms with Crippen LogP contribution in [0.5, 0.6) is 0 Å². The molecule has 1 atom stereocenters. The van der Waals surface area contributed by atoms with E-state index in [-0.39, 0.29) is 44.7 Å². The van der Waals surface area contributed by atoms with E-state index in [1.165, 1.54) is 55.3 Å². The molecule has 1 aromatic heterocycles. The summed E-state index contributed by atoms with van der Waals surface area (Å²) in [4.78, 5) is 5.25. The van der Waals surface area contributed by atoms with Crippen molar-refractivity contribution in [2.45, 2.75) is 136 Å². The molecule has 0 bridgehead atoms. The molecule has 3 heterocycles. The summed E-state index contributed by atoms with van der Waals surface area (Å²) < 4.78 is 50.3. The van der Waals surface area contributed by atoms with Gasteiger partial charge < -0.3 is 14.4 Å². The minimum absolute atomic E-state index is 0.0238. The van der Waals surface area contributed by atoms with E-state index < -0.39 is 30.3 Å². The fourth-order valence-electron chi connectivity index (χ4n) is 20.7. The van der Waals surface area contributed by atoms with Crippen LogP contribution in [0.2, 0.25) is 0 Å². The number of hydrogen-bond donors (Lipinski definition) is 0. The van der Waals surface area contributed by atoms with E-state index in [1.54, 1.807) is 0 Å². The third kappa shape index (κ3) is 13.5. The Morgan fingerprint density at radius 3 is 1.17 bits per heavy atom. The summed E-state index contributed by atoms with van der Waals surface area (Å²) in [5.41, 5.74) is 36.4. The lowest BCUT2D eigenvalue weighted by molar-refractivity contribution is 0.590. The summed E-state index contributed by atoms with van der Waals surface area (Å²) >= 11 is 0. The van der Waals surface area contributed by atoms with Crippen LogP contribution in [0.25, 0.3) is 117 Å². The SMILES string of the molecule is [2H]c1c([2H])c([2H])c(-c2ccc3c(c2)B2c4ccc(-c5cccc6c5C(c5ccccc5)(c5cccc(-c7ccc(C(C)(C)C)cc7)c5)c5ccccc5-6)cc4N(c4c(-c5ccccc5)cc(C(C)(C)C)cc4-c4ccccc4)c4cc(-n5c6ccc(C(C)(C)C)cc6c6cc(C(C)(C)C)ccc65)cc(c42)N3c2c(-c3ccccc3)cc(C(C)(C)C)cc2-c2ccccc2)c([2H])c1[2H]. The second-order valence-electron chi connectivity index (χ2n) is 40.4. The molecule has 18 aromatic rings. The largest absolute Gasteiger partial charge is 0.310 e. The molecule has 0 radical (unpaired) electrons. The van der Waals surface area contributed by atoms with E-state index in [4.69, 9.17) is 1.37 Å². The lowest BCUT2D eigenvalue weighted by Crippen LogP contribution is -2.61. The Hall–Kier alpha value is -13.8. The molecular weight excluding hydrogens is 1530 g/mol. The zero-order valence-electron chi connectivity index (χ0n) is 80.4. The molecule has 1 unspecified atom stereocenters. The van der Waals surface area contributed by atoms with Gasteiger partial charge in [0.05, 0.1) is 40.4 Å². The normalized spacial score (nSPS) is 14.8. The lowest BCUT2D eigenvalue weighted by Gasteiger charge is -2.46. The Bertz CT molecular complexity index is 7470. The molecular formula is C123H108BN3. The Morgan fingerprint density at radius 2 is 0.669 bits per heavy atom. The van der Waals surface area contributed by atoms with E-state index in [1.807, 2.05) is 6.07 Å². The molecule has 0 fully saturated rings. The molecule has 0 N–H and O–H groups in total. The Morgan fingerprint density at radius 1 is 0.260 bits per heavy atom. The van der Waals surface area contributed by atoms with Crippen LogP contribution < -0.4 is 26.2 Å². The van der Waals surface area contributed by atoms with Gasteiger partial charge in [0.15, 0.2) is 0 Å². The highest BCUT2D eigenvalue weighted by molar-refractivity contribution is 7.00. The van der Waals surface area contributed by atoms with Crippen LogP contribution >= 0.6 is 0 Å². The van der Waals surface area contributed by atoms with Crippen LogP contribution in [0.4, 0.5) is 34.1 Å². The number of hydrogen-bond acceptors (Lipinski definition) is 2. The summed E-state index contributed by atoms with van der Waals surface area (Å²) in [6, 6.07) is 131. The van der Waals surface area contributed by atoms with Gasteiger partial charge in [-0.25, -0.2) is 0 Å². The van der Waals surface area contributed by atoms with Crippen molar-refractivity contribution in [1.82, 2.24) is 4.57 Å². The van der Waals surface area contributed by atoms with Crippen molar-refractivity contribution in [2.75, 3.05) is 9.80 Å². The maximum Gasteiger partial charge on any atom is 0.252 e. The molecule has 3 nitrogen and oxygen atoms in total. The number of benzene rings is 17. The number of rotatable bonds is 12. The number of aromatic nitrogens is 1. The van der Waals surface area contributed by atoms with Crippen LogP contribution in [-0.4, -0.2) is 11.3 Å². The van der Waals surface area contributed by atoms with Crippen molar-refractivity contribution in [3.05, 3.63) is 432 Å². The average molecular weight is 1640 g/mol. The fourth-order valence-corrected chi connectivity index (χ4v) is 20.7. The second-order valence-corrected chi connectivity index (χ2v) is 40.4. The van der Waals surface area contributed by atoms with E-state index in [2.05, 4.69) is 464 Å². The van der Waals surface area contributed by atoms with Gasteiger partial charge >= 0.3 is 0 Å². The monoisotopic (exact) mass is 1640 g/mol. The highest BCUT2D eigenvalue weighted by Crippen LogP contribution is 2.61. The van der Waals surface area contributed by atoms with Gasteiger partial charge in [0.1, 0.15) is 0 Å². The number of fused-ring (bicyclic) bond motifs is 10. The molecule has 0 saturated carbocycles. The van der Waals surface area contributed by atoms with Gasteiger partial charge in [-0.15, -0.1) is 0 Å². The van der Waals surface area contributed by atoms with Gasteiger partial charge in [-0.2, -0.15) is 0 Å². The first-order valence-electron chi connectivity index (χ1n) is 47.6. The molecule has 17 aromatic carbocycles. The van der Waals surface area contributed by atoms with Gasteiger partial charge in [-0.3, -0.25) is 0 Å². The zero-order chi connectivity index (χ0) is 91.7.